The molecule has 0 radical (unpaired) electrons. The number of carbonyl (C=O) groups is 2. The summed E-state index contributed by atoms with van der Waals surface area (Å²) in [7, 11) is 0. The molecule has 0 spiro atoms. The molecule has 1 aromatic heterocycles. The molecule has 2 amide bonds. The van der Waals surface area contributed by atoms with Gasteiger partial charge in [0, 0.05) is 28.1 Å². The van der Waals surface area contributed by atoms with Gasteiger partial charge in [0.1, 0.15) is 18.2 Å². The largest absolute Gasteiger partial charge is 0.354 e. The molecule has 1 unspecified atom stereocenters. The Hall–Kier alpha value is -2.84. The lowest BCUT2D eigenvalue weighted by atomic mass is 9.87. The number of fused-ring (bicyclic) bond motifs is 1. The van der Waals surface area contributed by atoms with Crippen molar-refractivity contribution >= 4 is 41.0 Å². The molecule has 1 N–H and O–H groups in total. The Bertz CT molecular complexity index is 1320. The molecule has 2 heterocycles. The molecule has 1 aliphatic heterocycles. The third kappa shape index (κ3) is 5.85. The predicted octanol–water partition coefficient (Wildman–Crippen LogP) is 5.90. The summed E-state index contributed by atoms with van der Waals surface area (Å²) in [5.41, 5.74) is 2.15. The van der Waals surface area contributed by atoms with E-state index in [0.717, 1.165) is 11.3 Å². The van der Waals surface area contributed by atoms with E-state index in [1.165, 1.54) is 22.7 Å². The van der Waals surface area contributed by atoms with Gasteiger partial charge in [-0.3, -0.25) is 14.5 Å². The van der Waals surface area contributed by atoms with E-state index in [1.807, 2.05) is 46.8 Å². The van der Waals surface area contributed by atoms with Crippen molar-refractivity contribution in [2.24, 2.45) is 5.92 Å². The zero-order chi connectivity index (χ0) is 26.9. The molecule has 2 aromatic carbocycles. The van der Waals surface area contributed by atoms with Crippen LogP contribution in [-0.2, 0) is 15.0 Å². The lowest BCUT2D eigenvalue weighted by molar-refractivity contribution is -0.123. The summed E-state index contributed by atoms with van der Waals surface area (Å²) in [6.07, 6.45) is 0. The molecule has 4 rings (SSSR count). The first-order valence-electron chi connectivity index (χ1n) is 12.3. The Morgan fingerprint density at radius 2 is 1.95 bits per heavy atom. The fourth-order valence-corrected chi connectivity index (χ4v) is 5.72. The number of halogens is 2. The summed E-state index contributed by atoms with van der Waals surface area (Å²) < 4.78 is 16.8. The Balaban J connectivity index is 1.99. The lowest BCUT2D eigenvalue weighted by Crippen LogP contribution is -2.43. The number of anilines is 1. The van der Waals surface area contributed by atoms with Gasteiger partial charge in [-0.05, 0) is 30.2 Å². The SMILES string of the molecule is CC(C)CNC(=O)CN1C(=O)CSC(c2ccccc2F)c2c(C(C)(C)C)nn(-c3cccc(Cl)c3)c21. The van der Waals surface area contributed by atoms with Crippen LogP contribution in [0.5, 0.6) is 0 Å². The van der Waals surface area contributed by atoms with Crippen LogP contribution < -0.4 is 10.2 Å². The number of hydrogen-bond acceptors (Lipinski definition) is 4. The highest BCUT2D eigenvalue weighted by molar-refractivity contribution is 8.00. The van der Waals surface area contributed by atoms with Gasteiger partial charge in [-0.15, -0.1) is 11.8 Å². The Morgan fingerprint density at radius 3 is 2.59 bits per heavy atom. The second-order valence-electron chi connectivity index (χ2n) is 10.6. The van der Waals surface area contributed by atoms with Gasteiger partial charge in [-0.25, -0.2) is 9.07 Å². The number of thioether (sulfide) groups is 1. The quantitative estimate of drug-likeness (QED) is 0.421. The number of nitrogens with zero attached hydrogens (tertiary/aromatic N) is 3. The third-order valence-electron chi connectivity index (χ3n) is 6.05. The van der Waals surface area contributed by atoms with Crippen LogP contribution in [0.2, 0.25) is 5.02 Å². The Labute approximate surface area is 226 Å². The number of amides is 2. The number of hydrogen-bond donors (Lipinski definition) is 1. The highest BCUT2D eigenvalue weighted by Gasteiger charge is 2.40. The maximum Gasteiger partial charge on any atom is 0.240 e. The molecule has 196 valence electrons. The van der Waals surface area contributed by atoms with Gasteiger partial charge in [0.2, 0.25) is 11.8 Å². The maximum absolute atomic E-state index is 15.2. The minimum absolute atomic E-state index is 0.0876. The van der Waals surface area contributed by atoms with Crippen LogP contribution in [-0.4, -0.2) is 40.4 Å². The van der Waals surface area contributed by atoms with Crippen molar-refractivity contribution in [3.8, 4) is 5.69 Å². The monoisotopic (exact) mass is 542 g/mol. The first-order chi connectivity index (χ1) is 17.5. The van der Waals surface area contributed by atoms with E-state index >= 15 is 4.39 Å². The predicted molar refractivity (Wildman–Crippen MR) is 148 cm³/mol. The van der Waals surface area contributed by atoms with Crippen LogP contribution in [0.25, 0.3) is 5.69 Å². The normalized spacial score (nSPS) is 16.1. The van der Waals surface area contributed by atoms with Crippen molar-refractivity contribution in [3.63, 3.8) is 0 Å². The molecule has 0 saturated heterocycles. The van der Waals surface area contributed by atoms with Gasteiger partial charge in [0.05, 0.1) is 22.4 Å². The molecule has 0 saturated carbocycles. The van der Waals surface area contributed by atoms with Crippen LogP contribution >= 0.6 is 23.4 Å². The summed E-state index contributed by atoms with van der Waals surface area (Å²) in [6.45, 7) is 10.5. The summed E-state index contributed by atoms with van der Waals surface area (Å²) in [5.74, 6) is -0.0339. The van der Waals surface area contributed by atoms with Crippen molar-refractivity contribution in [2.75, 3.05) is 23.7 Å². The zero-order valence-corrected chi connectivity index (χ0v) is 23.3. The van der Waals surface area contributed by atoms with Gasteiger partial charge >= 0.3 is 0 Å². The van der Waals surface area contributed by atoms with Crippen LogP contribution in [0.4, 0.5) is 10.2 Å². The molecule has 0 bridgehead atoms. The molecule has 3 aromatic rings. The van der Waals surface area contributed by atoms with Crippen LogP contribution in [0, 0.1) is 11.7 Å². The summed E-state index contributed by atoms with van der Waals surface area (Å²) in [5, 5.41) is 7.91. The summed E-state index contributed by atoms with van der Waals surface area (Å²) in [4.78, 5) is 28.0. The lowest BCUT2D eigenvalue weighted by Gasteiger charge is -2.25. The number of rotatable bonds is 6. The first kappa shape index (κ1) is 27.2. The van der Waals surface area contributed by atoms with E-state index in [2.05, 4.69) is 5.32 Å². The minimum atomic E-state index is -0.494. The highest BCUT2D eigenvalue weighted by atomic mass is 35.5. The van der Waals surface area contributed by atoms with E-state index in [9.17, 15) is 9.59 Å². The molecule has 37 heavy (non-hydrogen) atoms. The minimum Gasteiger partial charge on any atom is -0.354 e. The number of aromatic nitrogens is 2. The smallest absolute Gasteiger partial charge is 0.240 e. The van der Waals surface area contributed by atoms with Crippen molar-refractivity contribution < 1.29 is 14.0 Å². The van der Waals surface area contributed by atoms with Crippen LogP contribution in [0.3, 0.4) is 0 Å². The van der Waals surface area contributed by atoms with E-state index in [4.69, 9.17) is 16.7 Å². The molecular formula is C28H32ClFN4O2S. The first-order valence-corrected chi connectivity index (χ1v) is 13.7. The van der Waals surface area contributed by atoms with Crippen molar-refractivity contribution in [3.05, 3.63) is 76.2 Å². The van der Waals surface area contributed by atoms with E-state index in [1.54, 1.807) is 35.0 Å². The zero-order valence-electron chi connectivity index (χ0n) is 21.7. The average molecular weight is 543 g/mol. The standard InChI is InChI=1S/C28H32ClFN4O2S/c1-17(2)14-31-22(35)15-33-23(36)16-37-25(20-11-6-7-12-21(20)30)24-26(28(3,4)5)32-34(27(24)33)19-10-8-9-18(29)13-19/h6-13,17,25H,14-16H2,1-5H3,(H,31,35). The third-order valence-corrected chi connectivity index (χ3v) is 7.52. The van der Waals surface area contributed by atoms with E-state index in [-0.39, 0.29) is 35.8 Å². The second kappa shape index (κ2) is 10.9. The summed E-state index contributed by atoms with van der Waals surface area (Å²) >= 11 is 7.68. The molecule has 6 nitrogen and oxygen atoms in total. The second-order valence-corrected chi connectivity index (χ2v) is 12.1. The molecular weight excluding hydrogens is 511 g/mol. The van der Waals surface area contributed by atoms with Gasteiger partial charge < -0.3 is 5.32 Å². The van der Waals surface area contributed by atoms with Gasteiger partial charge in [0.15, 0.2) is 0 Å². The Kier molecular flexibility index (Phi) is 7.99. The van der Waals surface area contributed by atoms with Gasteiger partial charge in [0.25, 0.3) is 0 Å². The molecule has 1 aliphatic rings. The van der Waals surface area contributed by atoms with E-state index < -0.39 is 10.7 Å². The molecule has 9 heteroatoms. The summed E-state index contributed by atoms with van der Waals surface area (Å²) in [6, 6.07) is 13.8. The van der Waals surface area contributed by atoms with Crippen LogP contribution in [0.15, 0.2) is 48.5 Å². The van der Waals surface area contributed by atoms with E-state index in [0.29, 0.717) is 28.6 Å². The van der Waals surface area contributed by atoms with Crippen molar-refractivity contribution in [1.29, 1.82) is 0 Å². The fourth-order valence-electron chi connectivity index (χ4n) is 4.31. The topological polar surface area (TPSA) is 67.2 Å². The van der Waals surface area contributed by atoms with Crippen molar-refractivity contribution in [1.82, 2.24) is 15.1 Å². The highest BCUT2D eigenvalue weighted by Crippen LogP contribution is 2.48. The Morgan fingerprint density at radius 1 is 1.22 bits per heavy atom. The number of nitrogens with one attached hydrogen (secondary N) is 1. The van der Waals surface area contributed by atoms with Gasteiger partial charge in [-0.1, -0.05) is 70.5 Å². The maximum atomic E-state index is 15.2. The molecule has 1 atom stereocenters. The van der Waals surface area contributed by atoms with Crippen molar-refractivity contribution in [2.45, 2.75) is 45.3 Å². The van der Waals surface area contributed by atoms with Gasteiger partial charge in [-0.2, -0.15) is 5.10 Å². The average Bonchev–Trinajstić information content (AvgIpc) is 3.17. The number of carbonyl (C=O) groups excluding carboxylic acids is 2. The fraction of sp³-hybridized carbons (Fsp3) is 0.393. The van der Waals surface area contributed by atoms with Crippen LogP contribution in [0.1, 0.15) is 56.7 Å². The molecule has 0 aliphatic carbocycles. The molecule has 0 fully saturated rings. The number of benzene rings is 2.